The summed E-state index contributed by atoms with van der Waals surface area (Å²) in [6, 6.07) is 25.4. The highest BCUT2D eigenvalue weighted by atomic mass is 19.2. The van der Waals surface area contributed by atoms with Crippen LogP contribution in [0.5, 0.6) is 0 Å². The molecule has 0 amide bonds. The number of hydrogen-bond acceptors (Lipinski definition) is 0. The third kappa shape index (κ3) is 4.02. The lowest BCUT2D eigenvalue weighted by molar-refractivity contribution is 0.701. The summed E-state index contributed by atoms with van der Waals surface area (Å²) < 4.78 is 30.0. The summed E-state index contributed by atoms with van der Waals surface area (Å²) in [5, 5.41) is 1.43. The van der Waals surface area contributed by atoms with Crippen LogP contribution < -0.4 is 0 Å². The number of aryl methyl sites for hydroxylation is 2. The molecule has 0 aliphatic rings. The molecule has 30 heavy (non-hydrogen) atoms. The monoisotopic (exact) mass is 394 g/mol. The smallest absolute Gasteiger partial charge is 0.167 e. The maximum absolute atomic E-state index is 15.1. The minimum absolute atomic E-state index is 0.226. The van der Waals surface area contributed by atoms with Gasteiger partial charge in [-0.2, -0.15) is 0 Å². The molecule has 2 heteroatoms. The fraction of sp³-hybridized carbons (Fsp3) is 0.0714. The predicted octanol–water partition coefficient (Wildman–Crippen LogP) is 7.62. The first-order valence-electron chi connectivity index (χ1n) is 9.76. The van der Waals surface area contributed by atoms with Gasteiger partial charge in [-0.05, 0) is 42.8 Å². The van der Waals surface area contributed by atoms with Gasteiger partial charge in [0.05, 0.1) is 0 Å². The average Bonchev–Trinajstić information content (AvgIpc) is 2.78. The number of rotatable bonds is 2. The topological polar surface area (TPSA) is 0 Å². The molecule has 0 unspecified atom stereocenters. The van der Waals surface area contributed by atoms with E-state index in [2.05, 4.69) is 11.8 Å². The standard InChI is InChI=1S/C28H20F2/c1-19-7-11-21(12-8-19)13-16-22-17-18-26(25-6-4-3-5-24(22)25)28(30)27(29)23-14-9-20(2)10-15-23/h3-12,14-15,17-18H,1-2H3. The van der Waals surface area contributed by atoms with Crippen LogP contribution in [0, 0.1) is 25.7 Å². The first kappa shape index (κ1) is 19.6. The highest BCUT2D eigenvalue weighted by molar-refractivity contribution is 6.00. The Balaban J connectivity index is 1.80. The summed E-state index contributed by atoms with van der Waals surface area (Å²) in [7, 11) is 0. The molecule has 4 rings (SSSR count). The Morgan fingerprint density at radius 3 is 1.87 bits per heavy atom. The second kappa shape index (κ2) is 8.35. The van der Waals surface area contributed by atoms with Gasteiger partial charge in [-0.25, -0.2) is 8.78 Å². The summed E-state index contributed by atoms with van der Waals surface area (Å²) in [6.45, 7) is 3.94. The van der Waals surface area contributed by atoms with Crippen LogP contribution in [-0.2, 0) is 0 Å². The average molecular weight is 394 g/mol. The summed E-state index contributed by atoms with van der Waals surface area (Å²) >= 11 is 0. The van der Waals surface area contributed by atoms with Crippen molar-refractivity contribution in [2.45, 2.75) is 13.8 Å². The van der Waals surface area contributed by atoms with Crippen molar-refractivity contribution in [2.24, 2.45) is 0 Å². The van der Waals surface area contributed by atoms with E-state index in [1.807, 2.05) is 56.3 Å². The lowest BCUT2D eigenvalue weighted by Gasteiger charge is -2.08. The second-order valence-corrected chi connectivity index (χ2v) is 7.32. The van der Waals surface area contributed by atoms with E-state index in [-0.39, 0.29) is 11.1 Å². The third-order valence-electron chi connectivity index (χ3n) is 5.05. The van der Waals surface area contributed by atoms with Crippen molar-refractivity contribution < 1.29 is 8.78 Å². The third-order valence-corrected chi connectivity index (χ3v) is 5.05. The molecule has 0 N–H and O–H groups in total. The fourth-order valence-corrected chi connectivity index (χ4v) is 3.32. The number of benzene rings is 4. The van der Waals surface area contributed by atoms with Gasteiger partial charge in [0.2, 0.25) is 0 Å². The molecule has 0 heterocycles. The van der Waals surface area contributed by atoms with Crippen LogP contribution in [0.2, 0.25) is 0 Å². The minimum atomic E-state index is -0.868. The first-order valence-corrected chi connectivity index (χ1v) is 9.76. The molecule has 0 aliphatic heterocycles. The molecular formula is C28H20F2. The van der Waals surface area contributed by atoms with Crippen molar-refractivity contribution in [1.29, 1.82) is 0 Å². The van der Waals surface area contributed by atoms with Gasteiger partial charge >= 0.3 is 0 Å². The Hall–Kier alpha value is -3.70. The molecule has 0 bridgehead atoms. The van der Waals surface area contributed by atoms with Crippen molar-refractivity contribution in [3.8, 4) is 11.8 Å². The van der Waals surface area contributed by atoms with E-state index in [9.17, 15) is 4.39 Å². The largest absolute Gasteiger partial charge is 0.203 e. The van der Waals surface area contributed by atoms with Crippen molar-refractivity contribution in [1.82, 2.24) is 0 Å². The predicted molar refractivity (Wildman–Crippen MR) is 121 cm³/mol. The molecule has 4 aromatic rings. The quantitative estimate of drug-likeness (QED) is 0.242. The van der Waals surface area contributed by atoms with Gasteiger partial charge in [-0.1, -0.05) is 89.7 Å². The maximum atomic E-state index is 15.1. The summed E-state index contributed by atoms with van der Waals surface area (Å²) in [6.07, 6.45) is 0. The second-order valence-electron chi connectivity index (χ2n) is 7.32. The van der Waals surface area contributed by atoms with Gasteiger partial charge in [0.25, 0.3) is 0 Å². The van der Waals surface area contributed by atoms with E-state index in [4.69, 9.17) is 0 Å². The van der Waals surface area contributed by atoms with Gasteiger partial charge < -0.3 is 0 Å². The number of halogens is 2. The molecule has 0 saturated heterocycles. The molecule has 0 aliphatic carbocycles. The molecule has 0 nitrogen and oxygen atoms in total. The van der Waals surface area contributed by atoms with Crippen LogP contribution in [0.25, 0.3) is 22.4 Å². The van der Waals surface area contributed by atoms with Gasteiger partial charge in [0.1, 0.15) is 0 Å². The van der Waals surface area contributed by atoms with Gasteiger partial charge in [0, 0.05) is 22.3 Å². The molecule has 146 valence electrons. The maximum Gasteiger partial charge on any atom is 0.167 e. The molecule has 0 fully saturated rings. The molecule has 0 atom stereocenters. The van der Waals surface area contributed by atoms with Gasteiger partial charge in [-0.15, -0.1) is 0 Å². The molecular weight excluding hydrogens is 374 g/mol. The van der Waals surface area contributed by atoms with E-state index in [1.165, 1.54) is 5.56 Å². The molecule has 0 radical (unpaired) electrons. The molecule has 0 saturated carbocycles. The summed E-state index contributed by atoms with van der Waals surface area (Å²) in [4.78, 5) is 0. The Bertz CT molecular complexity index is 1300. The van der Waals surface area contributed by atoms with Crippen molar-refractivity contribution in [3.05, 3.63) is 118 Å². The lowest BCUT2D eigenvalue weighted by Crippen LogP contribution is -1.89. The van der Waals surface area contributed by atoms with Gasteiger partial charge in [0.15, 0.2) is 11.7 Å². The van der Waals surface area contributed by atoms with E-state index < -0.39 is 11.7 Å². The Morgan fingerprint density at radius 2 is 1.20 bits per heavy atom. The zero-order valence-corrected chi connectivity index (χ0v) is 16.8. The zero-order chi connectivity index (χ0) is 21.1. The summed E-state index contributed by atoms with van der Waals surface area (Å²) in [5.41, 5.74) is 4.31. The van der Waals surface area contributed by atoms with E-state index in [0.717, 1.165) is 22.1 Å². The van der Waals surface area contributed by atoms with Crippen LogP contribution in [0.4, 0.5) is 8.78 Å². The molecule has 0 spiro atoms. The van der Waals surface area contributed by atoms with Crippen LogP contribution in [-0.4, -0.2) is 0 Å². The van der Waals surface area contributed by atoms with E-state index in [1.54, 1.807) is 42.5 Å². The highest BCUT2D eigenvalue weighted by Crippen LogP contribution is 2.34. The van der Waals surface area contributed by atoms with Crippen LogP contribution in [0.3, 0.4) is 0 Å². The van der Waals surface area contributed by atoms with Crippen molar-refractivity contribution in [3.63, 3.8) is 0 Å². The number of fused-ring (bicyclic) bond motifs is 1. The Kier molecular flexibility index (Phi) is 5.46. The zero-order valence-electron chi connectivity index (χ0n) is 16.8. The van der Waals surface area contributed by atoms with Crippen LogP contribution in [0.1, 0.15) is 33.4 Å². The van der Waals surface area contributed by atoms with Crippen molar-refractivity contribution in [2.75, 3.05) is 0 Å². The van der Waals surface area contributed by atoms with Gasteiger partial charge in [-0.3, -0.25) is 0 Å². The highest BCUT2D eigenvalue weighted by Gasteiger charge is 2.15. The lowest BCUT2D eigenvalue weighted by atomic mass is 9.97. The van der Waals surface area contributed by atoms with E-state index in [0.29, 0.717) is 5.39 Å². The SMILES string of the molecule is Cc1ccc(C#Cc2ccc(C(F)=C(F)c3ccc(C)cc3)c3ccccc23)cc1. The Morgan fingerprint density at radius 1 is 0.600 bits per heavy atom. The first-order chi connectivity index (χ1) is 14.5. The van der Waals surface area contributed by atoms with Crippen molar-refractivity contribution >= 4 is 22.4 Å². The fourth-order valence-electron chi connectivity index (χ4n) is 3.32. The molecule has 0 aromatic heterocycles. The molecule has 4 aromatic carbocycles. The normalized spacial score (nSPS) is 11.6. The summed E-state index contributed by atoms with van der Waals surface area (Å²) in [5.74, 6) is 4.60. The number of hydrogen-bond donors (Lipinski definition) is 0. The Labute approximate surface area is 175 Å². The van der Waals surface area contributed by atoms with E-state index >= 15 is 4.39 Å². The van der Waals surface area contributed by atoms with Crippen LogP contribution >= 0.6 is 0 Å². The minimum Gasteiger partial charge on any atom is -0.203 e. The van der Waals surface area contributed by atoms with Crippen LogP contribution in [0.15, 0.2) is 84.9 Å².